The van der Waals surface area contributed by atoms with Gasteiger partial charge in [-0.15, -0.1) is 0 Å². The van der Waals surface area contributed by atoms with Gasteiger partial charge in [0, 0.05) is 11.3 Å². The van der Waals surface area contributed by atoms with Crippen LogP contribution in [0, 0.1) is 0 Å². The van der Waals surface area contributed by atoms with E-state index in [2.05, 4.69) is 20.4 Å². The fraction of sp³-hybridized carbons (Fsp3) is 0.0870. The van der Waals surface area contributed by atoms with E-state index in [1.54, 1.807) is 48.5 Å². The van der Waals surface area contributed by atoms with Crippen molar-refractivity contribution in [3.63, 3.8) is 0 Å². The third kappa shape index (κ3) is 4.17. The van der Waals surface area contributed by atoms with Crippen molar-refractivity contribution in [1.82, 2.24) is 15.1 Å². The molecule has 0 saturated carbocycles. The third-order valence-corrected chi connectivity index (χ3v) is 4.50. The molecule has 0 radical (unpaired) electrons. The minimum atomic E-state index is -0.741. The van der Waals surface area contributed by atoms with Gasteiger partial charge >= 0.3 is 0 Å². The number of hydrogen-bond acceptors (Lipinski definition) is 8. The average Bonchev–Trinajstić information content (AvgIpc) is 3.29. The highest BCUT2D eigenvalue weighted by molar-refractivity contribution is 6.17. The zero-order chi connectivity index (χ0) is 22.5. The molecule has 4 aromatic rings. The predicted octanol–water partition coefficient (Wildman–Crippen LogP) is 3.63. The summed E-state index contributed by atoms with van der Waals surface area (Å²) in [4.78, 5) is 34.6. The summed E-state index contributed by atoms with van der Waals surface area (Å²) in [6, 6.07) is 19.2. The molecule has 9 heteroatoms. The van der Waals surface area contributed by atoms with Gasteiger partial charge in [-0.05, 0) is 12.1 Å². The minimum Gasteiger partial charge on any atom is -0.481 e. The molecular weight excluding hydrogens is 412 g/mol. The van der Waals surface area contributed by atoms with Crippen molar-refractivity contribution < 1.29 is 23.6 Å². The second kappa shape index (κ2) is 9.09. The number of aromatic nitrogens is 3. The number of para-hydroxylation sites is 1. The van der Waals surface area contributed by atoms with Crippen molar-refractivity contribution in [1.29, 1.82) is 0 Å². The number of anilines is 1. The summed E-state index contributed by atoms with van der Waals surface area (Å²) in [5, 5.41) is 6.77. The van der Waals surface area contributed by atoms with E-state index in [-0.39, 0.29) is 34.6 Å². The highest BCUT2D eigenvalue weighted by atomic mass is 16.5. The van der Waals surface area contributed by atoms with E-state index < -0.39 is 11.7 Å². The lowest BCUT2D eigenvalue weighted by Gasteiger charge is -2.07. The number of nitrogens with zero attached hydrogens (tertiary/aromatic N) is 3. The number of nitrogens with one attached hydrogen (secondary N) is 1. The van der Waals surface area contributed by atoms with Gasteiger partial charge in [0.05, 0.1) is 20.3 Å². The van der Waals surface area contributed by atoms with Crippen molar-refractivity contribution in [2.75, 3.05) is 19.5 Å². The third-order valence-electron chi connectivity index (χ3n) is 4.50. The lowest BCUT2D eigenvalue weighted by Crippen LogP contribution is -2.17. The zero-order valence-electron chi connectivity index (χ0n) is 17.2. The molecule has 160 valence electrons. The van der Waals surface area contributed by atoms with E-state index in [4.69, 9.17) is 14.0 Å². The number of hydrogen-bond donors (Lipinski definition) is 1. The molecule has 1 amide bonds. The van der Waals surface area contributed by atoms with Crippen LogP contribution >= 0.6 is 0 Å². The highest BCUT2D eigenvalue weighted by Gasteiger charge is 2.31. The topological polar surface area (TPSA) is 116 Å². The molecule has 9 nitrogen and oxygen atoms in total. The number of carbonyl (C=O) groups is 2. The maximum atomic E-state index is 13.3. The predicted molar refractivity (Wildman–Crippen MR) is 115 cm³/mol. The van der Waals surface area contributed by atoms with Gasteiger partial charge in [-0.25, -0.2) is 0 Å². The van der Waals surface area contributed by atoms with Gasteiger partial charge in [-0.3, -0.25) is 9.59 Å². The molecule has 0 aliphatic heterocycles. The second-order valence-electron chi connectivity index (χ2n) is 6.53. The molecule has 0 aliphatic carbocycles. The molecule has 0 bridgehead atoms. The Kier molecular flexibility index (Phi) is 5.89. The van der Waals surface area contributed by atoms with Crippen LogP contribution in [-0.2, 0) is 0 Å². The van der Waals surface area contributed by atoms with Crippen LogP contribution in [0.2, 0.25) is 0 Å². The van der Waals surface area contributed by atoms with Crippen LogP contribution in [0.3, 0.4) is 0 Å². The molecular formula is C23H18N4O5. The number of ketones is 1. The molecule has 2 heterocycles. The summed E-state index contributed by atoms with van der Waals surface area (Å²) in [5.41, 5.74) is 1.35. The Hall–Kier alpha value is -4.53. The summed E-state index contributed by atoms with van der Waals surface area (Å²) in [5.74, 6) is -1.61. The molecule has 2 aromatic heterocycles. The first kappa shape index (κ1) is 20.7. The molecule has 4 rings (SSSR count). The Bertz CT molecular complexity index is 1230. The lowest BCUT2D eigenvalue weighted by molar-refractivity contribution is 0.0966. The standard InChI is InChI=1S/C23H18N4O5/c1-30-16-13-17(31-2)26-22(25-16)20(28)21-18(23(29)24-15-11-7-4-8-12-15)19(27-32-21)14-9-5-3-6-10-14/h3-13H,1-2H3,(H,24,29). The van der Waals surface area contributed by atoms with Crippen LogP contribution in [-0.4, -0.2) is 41.0 Å². The first-order chi connectivity index (χ1) is 15.6. The Morgan fingerprint density at radius 2 is 1.47 bits per heavy atom. The van der Waals surface area contributed by atoms with Gasteiger partial charge in [-0.1, -0.05) is 53.7 Å². The van der Waals surface area contributed by atoms with Gasteiger partial charge in [-0.2, -0.15) is 9.97 Å². The number of methoxy groups -OCH3 is 2. The SMILES string of the molecule is COc1cc(OC)nc(C(=O)c2onc(-c3ccccc3)c2C(=O)Nc2ccccc2)n1. The van der Waals surface area contributed by atoms with Crippen molar-refractivity contribution >= 4 is 17.4 Å². The van der Waals surface area contributed by atoms with Crippen molar-refractivity contribution in [3.05, 3.63) is 83.9 Å². The molecule has 0 atom stereocenters. The Labute approximate surface area is 183 Å². The van der Waals surface area contributed by atoms with E-state index in [0.29, 0.717) is 11.3 Å². The molecule has 0 aliphatic rings. The van der Waals surface area contributed by atoms with E-state index in [0.717, 1.165) is 0 Å². The van der Waals surface area contributed by atoms with Crippen molar-refractivity contribution in [2.45, 2.75) is 0 Å². The molecule has 0 spiro atoms. The molecule has 0 unspecified atom stereocenters. The number of carbonyl (C=O) groups excluding carboxylic acids is 2. The van der Waals surface area contributed by atoms with Crippen LogP contribution < -0.4 is 14.8 Å². The molecule has 0 fully saturated rings. The number of benzene rings is 2. The first-order valence-electron chi connectivity index (χ1n) is 9.54. The number of rotatable bonds is 7. The zero-order valence-corrected chi connectivity index (χ0v) is 17.2. The molecule has 2 aromatic carbocycles. The summed E-state index contributed by atoms with van der Waals surface area (Å²) >= 11 is 0. The normalized spacial score (nSPS) is 10.4. The summed E-state index contributed by atoms with van der Waals surface area (Å²) in [6.07, 6.45) is 0. The van der Waals surface area contributed by atoms with Crippen LogP contribution in [0.5, 0.6) is 11.8 Å². The van der Waals surface area contributed by atoms with Gasteiger partial charge in [0.1, 0.15) is 11.3 Å². The van der Waals surface area contributed by atoms with E-state index in [1.807, 2.05) is 12.1 Å². The van der Waals surface area contributed by atoms with E-state index in [1.165, 1.54) is 20.3 Å². The van der Waals surface area contributed by atoms with Crippen molar-refractivity contribution in [2.24, 2.45) is 0 Å². The lowest BCUT2D eigenvalue weighted by atomic mass is 10.0. The van der Waals surface area contributed by atoms with Gasteiger partial charge in [0.25, 0.3) is 11.7 Å². The largest absolute Gasteiger partial charge is 0.481 e. The van der Waals surface area contributed by atoms with E-state index >= 15 is 0 Å². The summed E-state index contributed by atoms with van der Waals surface area (Å²) in [6.45, 7) is 0. The quantitative estimate of drug-likeness (QED) is 0.442. The van der Waals surface area contributed by atoms with Gasteiger partial charge in [0.2, 0.25) is 23.3 Å². The van der Waals surface area contributed by atoms with Crippen LogP contribution in [0.1, 0.15) is 26.7 Å². The fourth-order valence-corrected chi connectivity index (χ4v) is 2.98. The molecule has 32 heavy (non-hydrogen) atoms. The minimum absolute atomic E-state index is 0.0320. The first-order valence-corrected chi connectivity index (χ1v) is 9.54. The van der Waals surface area contributed by atoms with Crippen LogP contribution in [0.25, 0.3) is 11.3 Å². The number of ether oxygens (including phenoxy) is 2. The monoisotopic (exact) mass is 430 g/mol. The molecule has 0 saturated heterocycles. The maximum absolute atomic E-state index is 13.3. The number of amides is 1. The molecule has 1 N–H and O–H groups in total. The van der Waals surface area contributed by atoms with Crippen LogP contribution in [0.4, 0.5) is 5.69 Å². The van der Waals surface area contributed by atoms with Crippen LogP contribution in [0.15, 0.2) is 71.3 Å². The second-order valence-corrected chi connectivity index (χ2v) is 6.53. The average molecular weight is 430 g/mol. The smallest absolute Gasteiger partial charge is 0.269 e. The van der Waals surface area contributed by atoms with E-state index in [9.17, 15) is 9.59 Å². The van der Waals surface area contributed by atoms with Gasteiger partial charge < -0.3 is 19.3 Å². The fourth-order valence-electron chi connectivity index (χ4n) is 2.98. The maximum Gasteiger partial charge on any atom is 0.269 e. The van der Waals surface area contributed by atoms with Crippen molar-refractivity contribution in [3.8, 4) is 23.0 Å². The highest BCUT2D eigenvalue weighted by Crippen LogP contribution is 2.28. The van der Waals surface area contributed by atoms with Gasteiger partial charge in [0.15, 0.2) is 0 Å². The summed E-state index contributed by atoms with van der Waals surface area (Å²) < 4.78 is 15.6. The summed E-state index contributed by atoms with van der Waals surface area (Å²) in [7, 11) is 2.80. The Morgan fingerprint density at radius 3 is 2.06 bits per heavy atom. The Morgan fingerprint density at radius 1 is 0.875 bits per heavy atom. The Balaban J connectivity index is 1.81.